The van der Waals surface area contributed by atoms with Crippen LogP contribution in [0.5, 0.6) is 11.5 Å². The maximum absolute atomic E-state index is 12.5. The number of halogens is 2. The summed E-state index contributed by atoms with van der Waals surface area (Å²) in [6.07, 6.45) is 6.56. The number of benzene rings is 2. The van der Waals surface area contributed by atoms with Gasteiger partial charge >= 0.3 is 0 Å². The van der Waals surface area contributed by atoms with E-state index < -0.39 is 10.0 Å². The van der Waals surface area contributed by atoms with E-state index in [0.717, 1.165) is 16.7 Å². The van der Waals surface area contributed by atoms with Gasteiger partial charge in [0, 0.05) is 37.1 Å². The van der Waals surface area contributed by atoms with Gasteiger partial charge in [-0.1, -0.05) is 47.1 Å². The number of methoxy groups -OCH3 is 2. The lowest BCUT2D eigenvalue weighted by atomic mass is 9.96. The van der Waals surface area contributed by atoms with Gasteiger partial charge in [-0.25, -0.2) is 18.4 Å². The van der Waals surface area contributed by atoms with Gasteiger partial charge in [0.15, 0.2) is 16.7 Å². The molecule has 0 aliphatic carbocycles. The first-order valence-corrected chi connectivity index (χ1v) is 16.5. The fourth-order valence-corrected chi connectivity index (χ4v) is 7.06. The van der Waals surface area contributed by atoms with Gasteiger partial charge in [-0.15, -0.1) is 0 Å². The second-order valence-corrected chi connectivity index (χ2v) is 13.5. The summed E-state index contributed by atoms with van der Waals surface area (Å²) in [4.78, 5) is 21.2. The van der Waals surface area contributed by atoms with Crippen LogP contribution in [0.2, 0.25) is 10.0 Å². The van der Waals surface area contributed by atoms with E-state index in [4.69, 9.17) is 32.7 Å². The van der Waals surface area contributed by atoms with E-state index in [9.17, 15) is 13.2 Å². The molecule has 0 unspecified atom stereocenters. The van der Waals surface area contributed by atoms with Crippen molar-refractivity contribution in [3.05, 3.63) is 64.4 Å². The zero-order chi connectivity index (χ0) is 29.6. The van der Waals surface area contributed by atoms with Crippen molar-refractivity contribution >= 4 is 50.9 Å². The number of carbonyl (C=O) groups excluding carboxylic acids is 1. The van der Waals surface area contributed by atoms with E-state index in [2.05, 4.69) is 15.3 Å². The SMILES string of the molecule is COc1ccc(-c2cnc(SCC(=O)NCC[C@@H]3C[C@@H](Cc4ccc(Cl)c(Cl)c4)CN3S(C)(=O)=O)nc2)cc1OC. The quantitative estimate of drug-likeness (QED) is 0.219. The molecule has 1 amide bonds. The average Bonchev–Trinajstić information content (AvgIpc) is 3.37. The number of thioether (sulfide) groups is 1. The van der Waals surface area contributed by atoms with E-state index in [1.54, 1.807) is 37.0 Å². The lowest BCUT2D eigenvalue weighted by Crippen LogP contribution is -2.37. The van der Waals surface area contributed by atoms with Gasteiger partial charge < -0.3 is 14.8 Å². The number of ether oxygens (including phenoxy) is 2. The van der Waals surface area contributed by atoms with Gasteiger partial charge in [-0.05, 0) is 60.6 Å². The molecule has 220 valence electrons. The molecular weight excluding hydrogens is 607 g/mol. The Labute approximate surface area is 255 Å². The number of hydrogen-bond donors (Lipinski definition) is 1. The molecular formula is C28H32Cl2N4O5S2. The zero-order valence-corrected chi connectivity index (χ0v) is 26.1. The molecule has 2 heterocycles. The number of amides is 1. The molecule has 0 saturated carbocycles. The first-order chi connectivity index (χ1) is 19.6. The Kier molecular flexibility index (Phi) is 10.8. The minimum absolute atomic E-state index is 0.149. The second kappa shape index (κ2) is 14.1. The van der Waals surface area contributed by atoms with E-state index >= 15 is 0 Å². The summed E-state index contributed by atoms with van der Waals surface area (Å²) in [6, 6.07) is 10.9. The smallest absolute Gasteiger partial charge is 0.230 e. The average molecular weight is 640 g/mol. The third-order valence-corrected chi connectivity index (χ3v) is 9.78. The second-order valence-electron chi connectivity index (χ2n) is 9.79. The van der Waals surface area contributed by atoms with Crippen molar-refractivity contribution < 1.29 is 22.7 Å². The molecule has 1 N–H and O–H groups in total. The Morgan fingerprint density at radius 1 is 1.05 bits per heavy atom. The lowest BCUT2D eigenvalue weighted by Gasteiger charge is -2.22. The fraction of sp³-hybridized carbons (Fsp3) is 0.393. The highest BCUT2D eigenvalue weighted by molar-refractivity contribution is 7.99. The molecule has 41 heavy (non-hydrogen) atoms. The summed E-state index contributed by atoms with van der Waals surface area (Å²) in [5, 5.41) is 4.35. The number of carbonyl (C=O) groups is 1. The molecule has 1 fully saturated rings. The van der Waals surface area contributed by atoms with Gasteiger partial charge in [0.05, 0.1) is 36.3 Å². The van der Waals surface area contributed by atoms with Crippen LogP contribution >= 0.6 is 35.0 Å². The van der Waals surface area contributed by atoms with Crippen LogP contribution in [-0.2, 0) is 21.2 Å². The molecule has 4 rings (SSSR count). The maximum atomic E-state index is 12.5. The van der Waals surface area contributed by atoms with Gasteiger partial charge in [0.2, 0.25) is 15.9 Å². The Hall–Kier alpha value is -2.57. The van der Waals surface area contributed by atoms with E-state index in [0.29, 0.717) is 59.1 Å². The lowest BCUT2D eigenvalue weighted by molar-refractivity contribution is -0.118. The fourth-order valence-electron chi connectivity index (χ4n) is 4.91. The number of nitrogens with zero attached hydrogens (tertiary/aromatic N) is 3. The van der Waals surface area contributed by atoms with E-state index in [-0.39, 0.29) is 23.6 Å². The van der Waals surface area contributed by atoms with Gasteiger partial charge in [-0.2, -0.15) is 4.31 Å². The van der Waals surface area contributed by atoms with Crippen molar-refractivity contribution in [3.8, 4) is 22.6 Å². The predicted octanol–water partition coefficient (Wildman–Crippen LogP) is 4.96. The number of hydrogen-bond acceptors (Lipinski definition) is 8. The molecule has 1 aliphatic rings. The molecule has 2 aromatic carbocycles. The van der Waals surface area contributed by atoms with E-state index in [1.165, 1.54) is 18.0 Å². The Bertz CT molecular complexity index is 1470. The molecule has 13 heteroatoms. The first-order valence-electron chi connectivity index (χ1n) is 12.9. The van der Waals surface area contributed by atoms with Crippen LogP contribution in [0, 0.1) is 5.92 Å². The Morgan fingerprint density at radius 2 is 1.78 bits per heavy atom. The summed E-state index contributed by atoms with van der Waals surface area (Å²) < 4.78 is 37.1. The monoisotopic (exact) mass is 638 g/mol. The van der Waals surface area contributed by atoms with Crippen molar-refractivity contribution in [1.29, 1.82) is 0 Å². The molecule has 0 bridgehead atoms. The number of sulfonamides is 1. The molecule has 9 nitrogen and oxygen atoms in total. The highest BCUT2D eigenvalue weighted by Crippen LogP contribution is 2.33. The zero-order valence-electron chi connectivity index (χ0n) is 23.0. The highest BCUT2D eigenvalue weighted by Gasteiger charge is 2.37. The van der Waals surface area contributed by atoms with Crippen LogP contribution in [0.25, 0.3) is 11.1 Å². The molecule has 1 saturated heterocycles. The molecule has 1 aromatic heterocycles. The molecule has 2 atom stereocenters. The Balaban J connectivity index is 1.25. The molecule has 0 spiro atoms. The largest absolute Gasteiger partial charge is 0.493 e. The normalized spacial score (nSPS) is 17.4. The number of rotatable bonds is 12. The molecule has 1 aliphatic heterocycles. The number of nitrogens with one attached hydrogen (secondary N) is 1. The van der Waals surface area contributed by atoms with Crippen LogP contribution in [0.1, 0.15) is 18.4 Å². The van der Waals surface area contributed by atoms with Gasteiger partial charge in [0.1, 0.15) is 0 Å². The van der Waals surface area contributed by atoms with E-state index in [1.807, 2.05) is 30.3 Å². The Morgan fingerprint density at radius 3 is 2.44 bits per heavy atom. The summed E-state index contributed by atoms with van der Waals surface area (Å²) in [5.74, 6) is 1.38. The van der Waals surface area contributed by atoms with Crippen molar-refractivity contribution in [3.63, 3.8) is 0 Å². The molecule has 0 radical (unpaired) electrons. The van der Waals surface area contributed by atoms with Gasteiger partial charge in [-0.3, -0.25) is 4.79 Å². The maximum Gasteiger partial charge on any atom is 0.230 e. The summed E-state index contributed by atoms with van der Waals surface area (Å²) >= 11 is 13.4. The number of aromatic nitrogens is 2. The van der Waals surface area contributed by atoms with Gasteiger partial charge in [0.25, 0.3) is 0 Å². The third kappa shape index (κ3) is 8.48. The van der Waals surface area contributed by atoms with Crippen LogP contribution in [0.4, 0.5) is 0 Å². The molecule has 3 aromatic rings. The van der Waals surface area contributed by atoms with Crippen molar-refractivity contribution in [2.45, 2.75) is 30.5 Å². The van der Waals surface area contributed by atoms with Crippen LogP contribution in [0.3, 0.4) is 0 Å². The first kappa shape index (κ1) is 31.4. The topological polar surface area (TPSA) is 111 Å². The third-order valence-electron chi connectivity index (χ3n) is 6.86. The van der Waals surface area contributed by atoms with Crippen molar-refractivity contribution in [2.75, 3.05) is 39.3 Å². The summed E-state index contributed by atoms with van der Waals surface area (Å²) in [7, 11) is -0.221. The van der Waals surface area contributed by atoms with Crippen LogP contribution < -0.4 is 14.8 Å². The standard InChI is InChI=1S/C28H32Cl2N4O5S2/c1-38-25-7-5-20(13-26(25)39-2)21-14-32-28(33-15-21)40-17-27(35)31-9-8-22-11-19(16-34(22)41(3,36)37)10-18-4-6-23(29)24(30)12-18/h4-7,12-15,19,22H,8-11,16-17H2,1-3H3,(H,31,35)/t19-,22-/m1/s1. The van der Waals surface area contributed by atoms with Crippen molar-refractivity contribution in [2.24, 2.45) is 5.92 Å². The van der Waals surface area contributed by atoms with Crippen LogP contribution in [0.15, 0.2) is 53.9 Å². The minimum Gasteiger partial charge on any atom is -0.493 e. The minimum atomic E-state index is -3.38. The highest BCUT2D eigenvalue weighted by atomic mass is 35.5. The summed E-state index contributed by atoms with van der Waals surface area (Å²) in [5.41, 5.74) is 2.71. The summed E-state index contributed by atoms with van der Waals surface area (Å²) in [6.45, 7) is 0.804. The predicted molar refractivity (Wildman–Crippen MR) is 163 cm³/mol. The van der Waals surface area contributed by atoms with Crippen molar-refractivity contribution in [1.82, 2.24) is 19.6 Å². The van der Waals surface area contributed by atoms with Crippen LogP contribution in [-0.4, -0.2) is 74.0 Å².